The van der Waals surface area contributed by atoms with E-state index in [1.165, 1.54) is 12.5 Å². The zero-order valence-corrected chi connectivity index (χ0v) is 113. The zero-order chi connectivity index (χ0) is 112. The van der Waals surface area contributed by atoms with Crippen LogP contribution in [0.4, 0.5) is 17.8 Å². The van der Waals surface area contributed by atoms with E-state index in [0.717, 1.165) is 113 Å². The third-order valence-corrected chi connectivity index (χ3v) is 62.6. The van der Waals surface area contributed by atoms with E-state index in [1.807, 2.05) is 115 Å². The highest BCUT2D eigenvalue weighted by Gasteiger charge is 2.37. The number of hydrogen-bond acceptors (Lipinski definition) is 27. The van der Waals surface area contributed by atoms with Crippen molar-refractivity contribution in [2.75, 3.05) is 70.1 Å². The third-order valence-electron chi connectivity index (χ3n) is 19.6. The van der Waals surface area contributed by atoms with Gasteiger partial charge < -0.3 is 52.8 Å². The van der Waals surface area contributed by atoms with Gasteiger partial charge >= 0.3 is 0 Å². The van der Waals surface area contributed by atoms with E-state index in [2.05, 4.69) is 230 Å². The van der Waals surface area contributed by atoms with Gasteiger partial charge in [0.25, 0.3) is 0 Å². The number of alkyl halides is 2. The molecule has 0 atom stereocenters. The lowest BCUT2D eigenvalue weighted by atomic mass is 10.0. The van der Waals surface area contributed by atoms with E-state index in [1.54, 1.807) is 86.2 Å². The van der Waals surface area contributed by atoms with Crippen LogP contribution >= 0.6 is 57.0 Å². The molecular formula is C93H196Cl5N21O10Si14. The molecule has 0 saturated heterocycles. The van der Waals surface area contributed by atoms with E-state index in [4.69, 9.17) is 100 Å². The highest BCUT2D eigenvalue weighted by atomic mass is 35.6. The summed E-state index contributed by atoms with van der Waals surface area (Å²) in [5, 5.41) is 17.0. The molecule has 0 aliphatic rings. The number of nitrogens with two attached hydrogens (primary N) is 2. The Hall–Kier alpha value is -3.73. The van der Waals surface area contributed by atoms with E-state index < -0.39 is 106 Å². The maximum absolute atomic E-state index is 11.7. The first-order valence-corrected chi connectivity index (χ1v) is 97.9. The van der Waals surface area contributed by atoms with E-state index in [9.17, 15) is 24.0 Å². The van der Waals surface area contributed by atoms with Gasteiger partial charge in [-0.15, -0.1) is 23.2 Å². The summed E-state index contributed by atoms with van der Waals surface area (Å²) in [4.78, 5) is 101. The van der Waals surface area contributed by atoms with Gasteiger partial charge in [0.05, 0.1) is 0 Å². The normalized spacial score (nSPS) is 11.9. The molecule has 0 aromatic carbocycles. The minimum Gasteiger partial charge on any atom is -0.455 e. The molecule has 8 N–H and O–H groups in total. The second-order valence-electron chi connectivity index (χ2n) is 44.5. The van der Waals surface area contributed by atoms with Crippen LogP contribution in [0.25, 0.3) is 20.9 Å². The number of hydrogen-bond donors (Lipinski definition) is 6. The quantitative estimate of drug-likeness (QED) is 0.00308. The summed E-state index contributed by atoms with van der Waals surface area (Å²) >= 11 is 29.1. The van der Waals surface area contributed by atoms with Crippen molar-refractivity contribution in [1.29, 1.82) is 0 Å². The van der Waals surface area contributed by atoms with Crippen LogP contribution in [0, 0.1) is 23.7 Å². The van der Waals surface area contributed by atoms with Crippen molar-refractivity contribution in [2.45, 2.75) is 366 Å². The topological polar surface area (TPSA) is 449 Å². The lowest BCUT2D eigenvalue weighted by Gasteiger charge is -2.34. The van der Waals surface area contributed by atoms with Crippen molar-refractivity contribution in [3.05, 3.63) is 124 Å². The van der Waals surface area contributed by atoms with Crippen LogP contribution in [0.15, 0.2) is 103 Å². The van der Waals surface area contributed by atoms with E-state index in [0.29, 0.717) is 94.8 Å². The number of ketones is 4. The zero-order valence-electron chi connectivity index (χ0n) is 95.5. The first kappa shape index (κ1) is 150. The number of rotatable bonds is 54. The number of carbonyl (C=O) groups is 4. The first-order valence-electron chi connectivity index (χ1n) is 50.6. The van der Waals surface area contributed by atoms with Gasteiger partial charge in [-0.25, -0.2) is 49.8 Å². The summed E-state index contributed by atoms with van der Waals surface area (Å²) in [5.41, 5.74) is 29.0. The Kier molecular flexibility index (Phi) is 84.0. The second kappa shape index (κ2) is 80.2. The monoisotopic (exact) mass is 2330 g/mol. The van der Waals surface area contributed by atoms with Crippen molar-refractivity contribution in [1.82, 2.24) is 49.8 Å². The Morgan fingerprint density at radius 3 is 0.916 bits per heavy atom. The Labute approximate surface area is 905 Å². The van der Waals surface area contributed by atoms with Crippen molar-refractivity contribution in [3.63, 3.8) is 0 Å². The number of aromatic nitrogens is 10. The van der Waals surface area contributed by atoms with E-state index >= 15 is 0 Å². The lowest BCUT2D eigenvalue weighted by Crippen LogP contribution is -2.53. The molecule has 5 rings (SSSR count). The van der Waals surface area contributed by atoms with Gasteiger partial charge in [0, 0.05) is 191 Å². The molecule has 0 amide bonds. The first-order chi connectivity index (χ1) is 65.6. The summed E-state index contributed by atoms with van der Waals surface area (Å²) in [6.07, 6.45) is 34.0. The SMILES string of the molecule is CC.CC(C)C(=O)CCCC[SiH](C)C.CC(C)C(=O)CCCC[Si](C)(C)Cl.CC(C)C(=O)CCCC[Si](C)(C)O.CC(C)C(=O)CCCC[Si](C)(C)O[Si](C)(C)CCc1ncccn1.C[Si](C)(CCl)O[Si](C)(C)CCl.C[Si](C)(CN)O[Si](C)(C)CN.C[Si](C)(CN=[N+]=[N-])O[Si](C)(C)CN=[N+]=[N-].C[Si](C)(CNc1ncccn1)O[Si](C)(C)CNc1ncccn1.C[Si](C)(Cl)CNc1ncccn1.Clc1ncccn1. The number of azide groups is 2. The largest absolute Gasteiger partial charge is 0.455 e. The number of unbranched alkanes of at least 4 members (excludes halogenated alkanes) is 4. The van der Waals surface area contributed by atoms with Crippen molar-refractivity contribution in [2.24, 2.45) is 45.4 Å². The number of Topliss-reactive ketones (excluding diaryl/α,β-unsaturated/α-hetero) is 4. The summed E-state index contributed by atoms with van der Waals surface area (Å²) in [6.45, 7) is 79.9. The van der Waals surface area contributed by atoms with Crippen LogP contribution in [-0.4, -0.2) is 247 Å². The van der Waals surface area contributed by atoms with Crippen molar-refractivity contribution in [3.8, 4) is 0 Å². The highest BCUT2D eigenvalue weighted by molar-refractivity contribution is 7.19. The number of nitrogens with one attached hydrogen (secondary N) is 3. The minimum absolute atomic E-state index is 0.165. The summed E-state index contributed by atoms with van der Waals surface area (Å²) < 4.78 is 31.0. The fraction of sp³-hybridized carbons (Fsp3) is 0.742. The molecule has 0 unspecified atom stereocenters. The molecule has 0 fully saturated rings. The molecule has 5 aromatic heterocycles. The molecule has 0 aliphatic carbocycles. The Morgan fingerprint density at radius 1 is 0.378 bits per heavy atom. The standard InChI is InChI=1S/C18H34N2O2Si2.C14H24N6OSi2.C10H21ClOSi.C10H22O2Si.C10H22OSi.C7H12ClN3Si.C6H16Cl2OSi2.C6H16N6OSi2.C6H20N2OSi2.C4H3ClN2.C2H6/c1-16(2)17(21)10-7-8-14-23(3,4)22-24(5,6)15-11-18-19-12-9-13-20-18;1-22(2,11-19-13-15-7-5-8-16-13)21-23(3,4)12-20-14-17-9-6-10-18-14;1-9(2)10(12)7-5-6-8-13(3,4)11;1-9(2)10(11)7-5-6-8-13(3,4)12;1-9(2)10(11)7-5-6-8-12(3)4;1-12(2,8)6-11-7-9-4-3-5-10-7;1-10(2,5-7)9-11(3,4)6-8;1-14(2,5-9-11-7)13-15(3,4)6-10-12-8;1-10(2,5-7)9-11(3,4)6-8;5-4-6-2-1-3-7-4;1-2/h9,12-13,16H,7-8,10-11,14-15H2,1-6H3;5-10H,11-12H2,1-4H3,(H,15,16,19)(H,17,18,20);9H,5-8H2,1-4H3;9,12H,5-8H2,1-4H3;9,12H,5-8H2,1-4H3;3-5H,6H2,1-2H3,(H,9,10,11);5-6H2,1-4H3;5-6H2,1-4H3;5-8H2,1-4H3;1-3H;1-2H3. The number of anilines is 3. The molecular weight excluding hydrogens is 2140 g/mol. The second-order valence-corrected chi connectivity index (χ2v) is 111. The maximum atomic E-state index is 11.7. The number of carbonyl (C=O) groups excluding carboxylic acids is 4. The Bertz CT molecular complexity index is 3990. The van der Waals surface area contributed by atoms with Gasteiger partial charge in [-0.1, -0.05) is 150 Å². The van der Waals surface area contributed by atoms with Crippen LogP contribution < -0.4 is 27.4 Å². The average Bonchev–Trinajstić information content (AvgIpc) is 0.870. The van der Waals surface area contributed by atoms with Gasteiger partial charge in [0.15, 0.2) is 98.9 Å². The highest BCUT2D eigenvalue weighted by Crippen LogP contribution is 2.27. The van der Waals surface area contributed by atoms with Gasteiger partial charge in [-0.3, -0.25) is 19.2 Å². The molecule has 5 aromatic rings. The Balaban J connectivity index is -0.000000370. The van der Waals surface area contributed by atoms with Crippen LogP contribution in [-0.2, 0) is 46.2 Å². The Morgan fingerprint density at radius 2 is 0.643 bits per heavy atom. The van der Waals surface area contributed by atoms with Crippen molar-refractivity contribution >= 4 is 213 Å². The molecule has 143 heavy (non-hydrogen) atoms. The molecule has 0 saturated carbocycles. The lowest BCUT2D eigenvalue weighted by molar-refractivity contribution is -0.122. The number of aryl methyl sites for hydroxylation is 1. The number of nitrogens with zero attached hydrogens (tertiary/aromatic N) is 16. The van der Waals surface area contributed by atoms with Crippen LogP contribution in [0.3, 0.4) is 0 Å². The fourth-order valence-electron chi connectivity index (χ4n) is 12.3. The molecule has 824 valence electrons. The fourth-order valence-corrected chi connectivity index (χ4v) is 54.7. The molecule has 5 heterocycles. The molecule has 0 bridgehead atoms. The molecule has 0 aliphatic heterocycles. The van der Waals surface area contributed by atoms with Gasteiger partial charge in [0.2, 0.25) is 23.1 Å². The molecule has 0 radical (unpaired) electrons. The summed E-state index contributed by atoms with van der Waals surface area (Å²) in [7, 11) is -22.5. The van der Waals surface area contributed by atoms with Crippen LogP contribution in [0.2, 0.25) is 219 Å². The van der Waals surface area contributed by atoms with Gasteiger partial charge in [0.1, 0.15) is 36.3 Å². The van der Waals surface area contributed by atoms with Crippen molar-refractivity contribution < 1.29 is 44.5 Å². The minimum atomic E-state index is -1.95. The smallest absolute Gasteiger partial charge is 0.222 e. The predicted octanol–water partition coefficient (Wildman–Crippen LogP) is 26.9. The van der Waals surface area contributed by atoms with Crippen LogP contribution in [0.1, 0.15) is 152 Å². The third kappa shape index (κ3) is 101. The van der Waals surface area contributed by atoms with E-state index in [-0.39, 0.29) is 32.5 Å². The maximum Gasteiger partial charge on any atom is 0.222 e. The summed E-state index contributed by atoms with van der Waals surface area (Å²) in [5.74, 6) is 5.16. The predicted molar refractivity (Wildman–Crippen MR) is 648 cm³/mol. The molecule has 0 spiro atoms. The molecule has 50 heteroatoms. The van der Waals surface area contributed by atoms with Crippen LogP contribution in [0.5, 0.6) is 0 Å². The van der Waals surface area contributed by atoms with Gasteiger partial charge in [-0.2, -0.15) is 22.2 Å². The average molecular weight is 2340 g/mol. The van der Waals surface area contributed by atoms with Gasteiger partial charge in [-0.05, 0) is 247 Å². The summed E-state index contributed by atoms with van der Waals surface area (Å²) in [6, 6.07) is 14.6. The molecule has 31 nitrogen and oxygen atoms in total. The number of halogens is 5.